The van der Waals surface area contributed by atoms with Crippen molar-refractivity contribution in [2.24, 2.45) is 23.7 Å². The number of benzene rings is 8. The lowest BCUT2D eigenvalue weighted by Gasteiger charge is -2.39. The average molecular weight is 1270 g/mol. The Morgan fingerprint density at radius 2 is 1.48 bits per heavy atom. The van der Waals surface area contributed by atoms with E-state index in [2.05, 4.69) is 290 Å². The predicted octanol–water partition coefficient (Wildman–Crippen LogP) is 22.7. The summed E-state index contributed by atoms with van der Waals surface area (Å²) in [5.74, 6) is 2.95. The zero-order chi connectivity index (χ0) is 63.2. The van der Waals surface area contributed by atoms with Crippen molar-refractivity contribution in [2.45, 2.75) is 94.4 Å². The van der Waals surface area contributed by atoms with E-state index in [0.29, 0.717) is 28.9 Å². The minimum absolute atomic E-state index is 0.0183. The van der Waals surface area contributed by atoms with Gasteiger partial charge >= 0.3 is 0 Å². The third kappa shape index (κ3) is 8.18. The highest BCUT2D eigenvalue weighted by Crippen LogP contribution is 2.59. The van der Waals surface area contributed by atoms with Gasteiger partial charge < -0.3 is 10.2 Å². The van der Waals surface area contributed by atoms with Crippen molar-refractivity contribution in [1.82, 2.24) is 9.55 Å². The van der Waals surface area contributed by atoms with Gasteiger partial charge in [0.15, 0.2) is 0 Å². The first-order valence-electron chi connectivity index (χ1n) is 35.2. The Balaban J connectivity index is 0.581. The molecule has 0 radical (unpaired) electrons. The van der Waals surface area contributed by atoms with Crippen molar-refractivity contribution in [2.75, 3.05) is 10.2 Å². The maximum Gasteiger partial charge on any atom is 0.126 e. The van der Waals surface area contributed by atoms with Crippen LogP contribution in [0.4, 0.5) is 11.4 Å². The molecule has 4 heterocycles. The maximum absolute atomic E-state index is 5.86. The fraction of sp³-hybridized carbons (Fsp3) is 0.211. The molecule has 464 valence electrons. The molecule has 8 aromatic carbocycles. The van der Waals surface area contributed by atoms with Crippen molar-refractivity contribution in [3.8, 4) is 5.69 Å². The van der Waals surface area contributed by atoms with E-state index in [1.54, 1.807) is 0 Å². The maximum atomic E-state index is 5.86. The number of aryl methyl sites for hydroxylation is 1. The smallest absolute Gasteiger partial charge is 0.126 e. The van der Waals surface area contributed by atoms with Crippen LogP contribution in [-0.4, -0.2) is 21.0 Å². The quantitative estimate of drug-likeness (QED) is 0.168. The molecule has 0 bridgehead atoms. The largest absolute Gasteiger partial charge is 0.359 e. The molecule has 0 spiro atoms. The number of nitrogens with one attached hydrogen (secondary N) is 1. The van der Waals surface area contributed by atoms with Gasteiger partial charge in [0.05, 0.1) is 28.1 Å². The van der Waals surface area contributed by atoms with Crippen LogP contribution in [0.5, 0.6) is 0 Å². The summed E-state index contributed by atoms with van der Waals surface area (Å²) in [5.41, 5.74) is 27.1. The predicted molar refractivity (Wildman–Crippen MR) is 408 cm³/mol. The number of anilines is 2. The summed E-state index contributed by atoms with van der Waals surface area (Å²) in [6.07, 6.45) is 53.5. The van der Waals surface area contributed by atoms with Crippen molar-refractivity contribution < 1.29 is 0 Å². The Morgan fingerprint density at radius 3 is 2.38 bits per heavy atom. The summed E-state index contributed by atoms with van der Waals surface area (Å²) in [6.45, 7) is 7.20. The van der Waals surface area contributed by atoms with Gasteiger partial charge in [0.25, 0.3) is 0 Å². The first-order valence-corrected chi connectivity index (χ1v) is 36.9. The normalized spacial score (nSPS) is 25.0. The molecule has 0 saturated carbocycles. The van der Waals surface area contributed by atoms with Crippen molar-refractivity contribution in [3.05, 3.63) is 313 Å². The van der Waals surface area contributed by atoms with Crippen LogP contribution < -0.4 is 10.2 Å². The van der Waals surface area contributed by atoms with Crippen molar-refractivity contribution in [3.63, 3.8) is 0 Å². The average Bonchev–Trinajstić information content (AvgIpc) is 1.54. The number of aromatic nitrogens is 2. The summed E-state index contributed by atoms with van der Waals surface area (Å²) in [4.78, 5) is 11.5. The highest BCUT2D eigenvalue weighted by atomic mass is 32.2. The van der Waals surface area contributed by atoms with Crippen molar-refractivity contribution in [1.29, 1.82) is 0 Å². The molecule has 1 saturated heterocycles. The Hall–Kier alpha value is -9.46. The minimum Gasteiger partial charge on any atom is -0.359 e. The number of thioether (sulfide) groups is 1. The van der Waals surface area contributed by atoms with Gasteiger partial charge in [-0.1, -0.05) is 226 Å². The first-order chi connectivity index (χ1) is 47.2. The van der Waals surface area contributed by atoms with Crippen LogP contribution in [0.3, 0.4) is 0 Å². The minimum atomic E-state index is -0.149. The second-order valence-corrected chi connectivity index (χ2v) is 31.6. The zero-order valence-corrected chi connectivity index (χ0v) is 56.0. The second kappa shape index (κ2) is 21.0. The lowest BCUT2D eigenvalue weighted by Crippen LogP contribution is -2.41. The van der Waals surface area contributed by atoms with E-state index < -0.39 is 0 Å². The molecule has 21 rings (SSSR count). The Kier molecular flexibility index (Phi) is 12.2. The number of imidazole rings is 1. The van der Waals surface area contributed by atoms with E-state index in [9.17, 15) is 0 Å². The summed E-state index contributed by atoms with van der Waals surface area (Å²) >= 11 is 4.05. The van der Waals surface area contributed by atoms with E-state index in [1.807, 2.05) is 11.3 Å². The molecule has 8 unspecified atom stereocenters. The van der Waals surface area contributed by atoms with Crippen LogP contribution in [0.25, 0.3) is 88.5 Å². The number of nitrogens with zero attached hydrogens (tertiary/aromatic N) is 3. The first kappa shape index (κ1) is 55.8. The molecule has 1 fully saturated rings. The van der Waals surface area contributed by atoms with Crippen LogP contribution >= 0.6 is 23.1 Å². The molecule has 9 aliphatic carbocycles. The lowest BCUT2D eigenvalue weighted by molar-refractivity contribution is 0.478. The molecule has 4 nitrogen and oxygen atoms in total. The number of rotatable bonds is 6. The van der Waals surface area contributed by atoms with Gasteiger partial charge in [0, 0.05) is 77.6 Å². The van der Waals surface area contributed by atoms with Gasteiger partial charge in [-0.05, 0) is 187 Å². The molecule has 96 heavy (non-hydrogen) atoms. The second-order valence-electron chi connectivity index (χ2n) is 29.3. The van der Waals surface area contributed by atoms with Crippen LogP contribution in [-0.2, 0) is 24.7 Å². The molecule has 2 aliphatic heterocycles. The zero-order valence-electron chi connectivity index (χ0n) is 54.3. The van der Waals surface area contributed by atoms with Crippen LogP contribution in [0, 0.1) is 23.7 Å². The molecule has 1 N–H and O–H groups in total. The fourth-order valence-electron chi connectivity index (χ4n) is 19.2. The number of hydrogen-bond donors (Lipinski definition) is 1. The molecule has 2 aromatic heterocycles. The number of allylic oxidation sites excluding steroid dienone is 20. The molecular weight excluding hydrogens is 1200 g/mol. The molecule has 10 aromatic rings. The van der Waals surface area contributed by atoms with Gasteiger partial charge in [-0.25, -0.2) is 4.98 Å². The van der Waals surface area contributed by atoms with Crippen LogP contribution in [0.1, 0.15) is 119 Å². The SMILES string of the molecule is CC1=CC2C=CC=C(N3c4c(c5ccccc5c5ccccc45)NC3C3=CC=C4SC5C=CC(c6ccc7c(c6)C(C)(C)C6=CC(c8ccc9sc%10c(c9c8)CC(c8nc9c%11c(c%12ccccc%12c9n8-c8cccc9c8CCC=C9)C=CCC%11)C=C%10)CC=C67)=CC5C4C3)C2C=C1. The molecular formula is C90H72N4S2. The fourth-order valence-corrected chi connectivity index (χ4v) is 21.8. The van der Waals surface area contributed by atoms with Crippen molar-refractivity contribution >= 4 is 117 Å². The highest BCUT2D eigenvalue weighted by molar-refractivity contribution is 8.04. The van der Waals surface area contributed by atoms with E-state index in [4.69, 9.17) is 4.98 Å². The Bertz CT molecular complexity index is 5620. The molecule has 6 heteroatoms. The van der Waals surface area contributed by atoms with Crippen LogP contribution in [0.2, 0.25) is 0 Å². The van der Waals surface area contributed by atoms with E-state index in [0.717, 1.165) is 50.8 Å². The van der Waals surface area contributed by atoms with E-state index in [1.165, 1.54) is 164 Å². The third-order valence-corrected chi connectivity index (χ3v) is 26.4. The number of fused-ring (bicyclic) bond motifs is 23. The topological polar surface area (TPSA) is 33.1 Å². The molecule has 8 atom stereocenters. The van der Waals surface area contributed by atoms with Gasteiger partial charge in [-0.3, -0.25) is 4.57 Å². The highest BCUT2D eigenvalue weighted by Gasteiger charge is 2.47. The monoisotopic (exact) mass is 1270 g/mol. The Labute approximate surface area is 569 Å². The van der Waals surface area contributed by atoms with Crippen LogP contribution in [0.15, 0.2) is 252 Å². The summed E-state index contributed by atoms with van der Waals surface area (Å²) in [7, 11) is 0. The standard InChI is InChI=1S/C90H72N4S2/c1-51-30-37-61-57(44-51)18-15-29-79(61)94-87-71-27-13-9-23-65(71)63-21-7-11-25-69(63)85(87)92-89(94)59-36-43-83-75(48-59)73-46-54(34-41-81(73)96-83)56-32-39-67-66-38-31-55(49-76(66)90(2,3)77(67)50-56)53-33-40-80-72(45-53)74-47-58(35-42-82(74)95-80)88-91-84-68-24-10-6-20-62(68)64-22-8-12-26-70(64)86(84)93(88)78-28-14-17-52-16-4-5-19-60(52)78/h4,6-9,11-18,20-23,25-30,32-46,49-50,55,57-58,61,73,75,81,89,92H,5,10,19,24,31,47-48H2,1-3H3. The lowest BCUT2D eigenvalue weighted by atomic mass is 9.76. The molecule has 0 amide bonds. The third-order valence-electron chi connectivity index (χ3n) is 23.8. The van der Waals surface area contributed by atoms with E-state index in [-0.39, 0.29) is 23.4 Å². The van der Waals surface area contributed by atoms with E-state index >= 15 is 0 Å². The van der Waals surface area contributed by atoms with Gasteiger partial charge in [0.1, 0.15) is 12.0 Å². The summed E-state index contributed by atoms with van der Waals surface area (Å²) in [5, 5.41) is 13.9. The molecule has 11 aliphatic rings. The summed E-state index contributed by atoms with van der Waals surface area (Å²) in [6, 6.07) is 49.0. The van der Waals surface area contributed by atoms with Gasteiger partial charge in [-0.15, -0.1) is 23.1 Å². The summed E-state index contributed by atoms with van der Waals surface area (Å²) < 4.78 is 3.98. The van der Waals surface area contributed by atoms with Gasteiger partial charge in [-0.2, -0.15) is 0 Å². The number of hydrogen-bond acceptors (Lipinski definition) is 5. The Morgan fingerprint density at radius 1 is 0.656 bits per heavy atom. The number of thiophene rings is 1. The van der Waals surface area contributed by atoms with Gasteiger partial charge in [0.2, 0.25) is 0 Å².